The standard InChI is InChI=1S/C65H119N2O6P/c1-6-8-10-12-14-16-18-20-22-24-26-27-28-29-30-31-32-33-34-35-36-37-38-39-41-43-45-47-49-51-53-55-57-59-65(69)66-63(62-73-74(70,71)72-61-60-67(3,4)5)64(68)58-56-54-52-50-48-46-44-42-40-25-23-21-19-17-15-13-11-9-7-2/h8,10,14,16,20,22,26-27,29-30,32-33,35-36,63-64,68H,6-7,9,11-13,15,17-19,21,23-25,28,31,34,37-62H2,1-5H3,(H-,66,69,70,71)/p+1/b10-8-,16-14-,22-20-,27-26-,30-29-,33-32-,36-35-. The summed E-state index contributed by atoms with van der Waals surface area (Å²) in [6, 6.07) is -0.768. The predicted octanol–water partition coefficient (Wildman–Crippen LogP) is 19.2. The van der Waals surface area contributed by atoms with Crippen LogP contribution in [-0.4, -0.2) is 73.4 Å². The molecule has 1 amide bonds. The van der Waals surface area contributed by atoms with E-state index in [4.69, 9.17) is 9.05 Å². The first-order valence-electron chi connectivity index (χ1n) is 31.0. The van der Waals surface area contributed by atoms with Crippen molar-refractivity contribution in [3.8, 4) is 0 Å². The molecule has 0 radical (unpaired) electrons. The minimum absolute atomic E-state index is 0.0714. The fraction of sp³-hybridized carbons (Fsp3) is 0.769. The smallest absolute Gasteiger partial charge is 0.391 e. The van der Waals surface area contributed by atoms with E-state index in [1.165, 1.54) is 161 Å². The number of hydrogen-bond acceptors (Lipinski definition) is 5. The monoisotopic (exact) mass is 1060 g/mol. The maximum Gasteiger partial charge on any atom is 0.472 e. The van der Waals surface area contributed by atoms with Crippen molar-refractivity contribution in [3.05, 3.63) is 85.1 Å². The molecule has 430 valence electrons. The van der Waals surface area contributed by atoms with E-state index in [1.54, 1.807) is 0 Å². The molecule has 3 unspecified atom stereocenters. The number of rotatable bonds is 56. The number of hydrogen-bond donors (Lipinski definition) is 3. The first kappa shape index (κ1) is 71.7. The lowest BCUT2D eigenvalue weighted by Gasteiger charge is -2.26. The van der Waals surface area contributed by atoms with E-state index in [1.807, 2.05) is 21.1 Å². The summed E-state index contributed by atoms with van der Waals surface area (Å²) in [5.41, 5.74) is 0. The van der Waals surface area contributed by atoms with Crippen molar-refractivity contribution in [3.63, 3.8) is 0 Å². The minimum atomic E-state index is -4.33. The summed E-state index contributed by atoms with van der Waals surface area (Å²) in [7, 11) is 1.61. The van der Waals surface area contributed by atoms with Gasteiger partial charge in [-0.05, 0) is 70.6 Å². The number of carbonyl (C=O) groups excluding carboxylic acids is 1. The number of nitrogens with zero attached hydrogens (tertiary/aromatic N) is 1. The number of amides is 1. The largest absolute Gasteiger partial charge is 0.472 e. The summed E-state index contributed by atoms with van der Waals surface area (Å²) in [5, 5.41) is 14.1. The summed E-state index contributed by atoms with van der Waals surface area (Å²) < 4.78 is 23.8. The molecule has 0 heterocycles. The number of unbranched alkanes of at least 4 members (excludes halogenated alkanes) is 29. The molecule has 3 N–H and O–H groups in total. The zero-order valence-electron chi connectivity index (χ0n) is 49.1. The van der Waals surface area contributed by atoms with Gasteiger partial charge in [0.05, 0.1) is 39.9 Å². The highest BCUT2D eigenvalue weighted by atomic mass is 31.2. The van der Waals surface area contributed by atoms with E-state index in [2.05, 4.69) is 104 Å². The molecule has 74 heavy (non-hydrogen) atoms. The number of likely N-dealkylation sites (N-methyl/N-ethyl adjacent to an activating group) is 1. The fourth-order valence-electron chi connectivity index (χ4n) is 8.85. The highest BCUT2D eigenvalue weighted by molar-refractivity contribution is 7.47. The average Bonchev–Trinajstić information content (AvgIpc) is 3.36. The van der Waals surface area contributed by atoms with Crippen molar-refractivity contribution in [2.75, 3.05) is 40.9 Å². The Morgan fingerprint density at radius 2 is 0.811 bits per heavy atom. The molecule has 0 aromatic heterocycles. The van der Waals surface area contributed by atoms with E-state index in [-0.39, 0.29) is 19.1 Å². The van der Waals surface area contributed by atoms with E-state index >= 15 is 0 Å². The first-order chi connectivity index (χ1) is 36.0. The van der Waals surface area contributed by atoms with Crippen LogP contribution >= 0.6 is 7.82 Å². The highest BCUT2D eigenvalue weighted by Crippen LogP contribution is 2.43. The number of aliphatic hydroxyl groups excluding tert-OH is 1. The van der Waals surface area contributed by atoms with E-state index in [0.717, 1.165) is 83.5 Å². The topological polar surface area (TPSA) is 105 Å². The molecule has 3 atom stereocenters. The molecule has 0 aliphatic rings. The Bertz CT molecular complexity index is 1480. The SMILES string of the molecule is CC/C=C\C/C=C\C/C=C\C/C=C\C/C=C\C/C=C\C/C=C\CCCCCCCCCCCCCC(=O)NC(COP(=O)(O)OCC[N+](C)(C)C)C(O)CCCCCCCCCCCCCCCCCCCCC. The zero-order valence-corrected chi connectivity index (χ0v) is 50.0. The molecule has 0 rings (SSSR count). The molecule has 0 aliphatic carbocycles. The van der Waals surface area contributed by atoms with Gasteiger partial charge in [-0.25, -0.2) is 4.57 Å². The van der Waals surface area contributed by atoms with Gasteiger partial charge in [-0.1, -0.05) is 279 Å². The van der Waals surface area contributed by atoms with Crippen LogP contribution in [0.4, 0.5) is 0 Å². The van der Waals surface area contributed by atoms with Gasteiger partial charge in [0.1, 0.15) is 13.2 Å². The van der Waals surface area contributed by atoms with Crippen LogP contribution in [-0.2, 0) is 18.4 Å². The van der Waals surface area contributed by atoms with Crippen LogP contribution in [0.15, 0.2) is 85.1 Å². The lowest BCUT2D eigenvalue weighted by Crippen LogP contribution is -2.46. The third kappa shape index (κ3) is 57.4. The van der Waals surface area contributed by atoms with Crippen LogP contribution in [0.3, 0.4) is 0 Å². The molecule has 0 aromatic carbocycles. The quantitative estimate of drug-likeness (QED) is 0.0243. The van der Waals surface area contributed by atoms with Gasteiger partial charge in [-0.2, -0.15) is 0 Å². The number of carbonyl (C=O) groups is 1. The molecule has 0 bridgehead atoms. The van der Waals surface area contributed by atoms with Gasteiger partial charge < -0.3 is 19.8 Å². The Balaban J connectivity index is 4.12. The molecule has 0 saturated carbocycles. The van der Waals surface area contributed by atoms with Crippen LogP contribution in [0.5, 0.6) is 0 Å². The molecular weight excluding hydrogens is 936 g/mol. The normalized spacial score (nSPS) is 14.4. The second kappa shape index (κ2) is 55.4. The van der Waals surface area contributed by atoms with Gasteiger partial charge in [-0.3, -0.25) is 13.8 Å². The predicted molar refractivity (Wildman–Crippen MR) is 323 cm³/mol. The summed E-state index contributed by atoms with van der Waals surface area (Å²) in [4.78, 5) is 23.4. The van der Waals surface area contributed by atoms with Crippen LogP contribution in [0.1, 0.15) is 271 Å². The summed E-state index contributed by atoms with van der Waals surface area (Å²) in [6.45, 7) is 4.79. The van der Waals surface area contributed by atoms with Crippen LogP contribution in [0.2, 0.25) is 0 Å². The van der Waals surface area contributed by atoms with E-state index < -0.39 is 20.0 Å². The highest BCUT2D eigenvalue weighted by Gasteiger charge is 2.28. The third-order valence-electron chi connectivity index (χ3n) is 13.7. The number of allylic oxidation sites excluding steroid dienone is 14. The summed E-state index contributed by atoms with van der Waals surface area (Å²) >= 11 is 0. The number of phosphoric acid groups is 1. The molecule has 9 heteroatoms. The first-order valence-corrected chi connectivity index (χ1v) is 32.4. The van der Waals surface area contributed by atoms with Crippen molar-refractivity contribution in [1.29, 1.82) is 0 Å². The minimum Gasteiger partial charge on any atom is -0.391 e. The van der Waals surface area contributed by atoms with Crippen molar-refractivity contribution < 1.29 is 32.9 Å². The second-order valence-electron chi connectivity index (χ2n) is 22.1. The Morgan fingerprint density at radius 3 is 1.19 bits per heavy atom. The van der Waals surface area contributed by atoms with Crippen LogP contribution in [0, 0.1) is 0 Å². The fourth-order valence-corrected chi connectivity index (χ4v) is 9.59. The van der Waals surface area contributed by atoms with Gasteiger partial charge in [0.15, 0.2) is 0 Å². The average molecular weight is 1060 g/mol. The van der Waals surface area contributed by atoms with Gasteiger partial charge in [-0.15, -0.1) is 0 Å². The summed E-state index contributed by atoms with van der Waals surface area (Å²) in [6.07, 6.45) is 77.9. The molecule has 0 aromatic rings. The van der Waals surface area contributed by atoms with Crippen molar-refractivity contribution in [1.82, 2.24) is 5.32 Å². The molecule has 0 saturated heterocycles. The van der Waals surface area contributed by atoms with E-state index in [9.17, 15) is 19.4 Å². The van der Waals surface area contributed by atoms with Crippen LogP contribution < -0.4 is 5.32 Å². The number of nitrogens with one attached hydrogen (secondary N) is 1. The molecular formula is C65H120N2O6P+. The Labute approximate surface area is 458 Å². The molecule has 0 fully saturated rings. The number of aliphatic hydroxyl groups is 1. The van der Waals surface area contributed by atoms with Gasteiger partial charge >= 0.3 is 7.82 Å². The second-order valence-corrected chi connectivity index (χ2v) is 23.5. The Kier molecular flexibility index (Phi) is 53.7. The number of quaternary nitrogens is 1. The lowest BCUT2D eigenvalue weighted by atomic mass is 10.0. The van der Waals surface area contributed by atoms with Crippen molar-refractivity contribution in [2.45, 2.75) is 283 Å². The number of phosphoric ester groups is 1. The Hall–Kier alpha value is -2.32. The van der Waals surface area contributed by atoms with Gasteiger partial charge in [0.25, 0.3) is 0 Å². The maximum atomic E-state index is 13.0. The molecule has 8 nitrogen and oxygen atoms in total. The Morgan fingerprint density at radius 1 is 0.473 bits per heavy atom. The zero-order chi connectivity index (χ0) is 54.2. The molecule has 0 aliphatic heterocycles. The van der Waals surface area contributed by atoms with Gasteiger partial charge in [0.2, 0.25) is 5.91 Å². The molecule has 0 spiro atoms. The van der Waals surface area contributed by atoms with E-state index in [0.29, 0.717) is 23.9 Å². The lowest BCUT2D eigenvalue weighted by molar-refractivity contribution is -0.870. The van der Waals surface area contributed by atoms with Gasteiger partial charge in [0, 0.05) is 6.42 Å². The van der Waals surface area contributed by atoms with Crippen molar-refractivity contribution in [2.24, 2.45) is 0 Å². The van der Waals surface area contributed by atoms with Crippen molar-refractivity contribution >= 4 is 13.7 Å². The van der Waals surface area contributed by atoms with Crippen LogP contribution in [0.25, 0.3) is 0 Å². The maximum absolute atomic E-state index is 13.0. The summed E-state index contributed by atoms with van der Waals surface area (Å²) in [5.74, 6) is -0.148. The third-order valence-corrected chi connectivity index (χ3v) is 14.6.